The number of fused-ring (bicyclic) bond motifs is 5. The van der Waals surface area contributed by atoms with Gasteiger partial charge in [-0.15, -0.1) is 0 Å². The second kappa shape index (κ2) is 8.31. The molecule has 4 rings (SSSR count). The zero-order valence-electron chi connectivity index (χ0n) is 19.8. The maximum absolute atomic E-state index is 17.3. The highest BCUT2D eigenvalue weighted by molar-refractivity contribution is 6.53. The Morgan fingerprint density at radius 1 is 1.29 bits per heavy atom. The van der Waals surface area contributed by atoms with Gasteiger partial charge in [0.15, 0.2) is 11.5 Å². The maximum Gasteiger partial charge on any atom is 0.351 e. The summed E-state index contributed by atoms with van der Waals surface area (Å²) in [4.78, 5) is 36.5. The number of hydrogen-bond acceptors (Lipinski definition) is 6. The molecule has 0 bridgehead atoms. The topological polar surface area (TPSA) is 89.9 Å². The van der Waals surface area contributed by atoms with Gasteiger partial charge < -0.3 is 14.6 Å². The van der Waals surface area contributed by atoms with E-state index in [0.29, 0.717) is 24.8 Å². The van der Waals surface area contributed by atoms with Crippen molar-refractivity contribution in [3.63, 3.8) is 0 Å². The Kier molecular flexibility index (Phi) is 6.27. The number of halogens is 3. The van der Waals surface area contributed by atoms with E-state index in [1.807, 2.05) is 0 Å². The summed E-state index contributed by atoms with van der Waals surface area (Å²) in [7, 11) is 0. The van der Waals surface area contributed by atoms with Gasteiger partial charge in [-0.1, -0.05) is 48.7 Å². The van der Waals surface area contributed by atoms with E-state index >= 15 is 4.39 Å². The van der Waals surface area contributed by atoms with Gasteiger partial charge in [-0.25, -0.2) is 14.0 Å². The number of ketones is 1. The van der Waals surface area contributed by atoms with Crippen molar-refractivity contribution in [2.75, 3.05) is 6.61 Å². The minimum Gasteiger partial charge on any atom is -0.463 e. The van der Waals surface area contributed by atoms with Crippen LogP contribution in [0.15, 0.2) is 23.8 Å². The number of rotatable bonds is 4. The van der Waals surface area contributed by atoms with Crippen molar-refractivity contribution in [2.45, 2.75) is 75.6 Å². The Morgan fingerprint density at radius 3 is 2.59 bits per heavy atom. The van der Waals surface area contributed by atoms with Gasteiger partial charge in [-0.2, -0.15) is 0 Å². The molecular weight excluding hydrogens is 486 g/mol. The van der Waals surface area contributed by atoms with Gasteiger partial charge in [0.25, 0.3) is 0 Å². The van der Waals surface area contributed by atoms with Gasteiger partial charge in [0, 0.05) is 22.7 Å². The highest BCUT2D eigenvalue weighted by Gasteiger charge is 2.78. The highest BCUT2D eigenvalue weighted by atomic mass is 35.5. The molecule has 0 amide bonds. The molecule has 0 saturated heterocycles. The first-order valence-electron chi connectivity index (χ1n) is 11.8. The third-order valence-corrected chi connectivity index (χ3v) is 9.56. The third kappa shape index (κ3) is 3.12. The number of allylic oxidation sites excluding steroid dienone is 4. The lowest BCUT2D eigenvalue weighted by molar-refractivity contribution is -0.236. The standard InChI is InChI=1S/C25H31Cl2FO6/c1-5-33-21(32)25(34-20(31)19(26)27)13(2)10-17-16-7-6-14-11-15(29)8-9-22(14,3)24(16,28)18(30)12-23(17,25)4/h8-9,11,13,16-19,30H,5-7,10,12H2,1-4H3/t13-,16+,17+,18+,22+,23+,24+,25+/m1/s1. The molecule has 0 aromatic carbocycles. The van der Waals surface area contributed by atoms with E-state index in [1.54, 1.807) is 33.8 Å². The molecule has 0 heterocycles. The number of alkyl halides is 3. The molecule has 3 saturated carbocycles. The Morgan fingerprint density at radius 2 is 1.97 bits per heavy atom. The predicted molar refractivity (Wildman–Crippen MR) is 124 cm³/mol. The number of ether oxygens (including phenoxy) is 2. The Bertz CT molecular complexity index is 980. The molecule has 0 radical (unpaired) electrons. The number of esters is 2. The highest BCUT2D eigenvalue weighted by Crippen LogP contribution is 2.71. The minimum atomic E-state index is -2.06. The monoisotopic (exact) mass is 516 g/mol. The van der Waals surface area contributed by atoms with Crippen LogP contribution >= 0.6 is 23.2 Å². The summed E-state index contributed by atoms with van der Waals surface area (Å²) in [6.07, 6.45) is 4.06. The van der Waals surface area contributed by atoms with Crippen molar-refractivity contribution in [1.29, 1.82) is 0 Å². The van der Waals surface area contributed by atoms with Crippen molar-refractivity contribution >= 4 is 40.9 Å². The lowest BCUT2D eigenvalue weighted by Gasteiger charge is -2.62. The molecule has 0 aromatic rings. The first-order valence-corrected chi connectivity index (χ1v) is 12.7. The van der Waals surface area contributed by atoms with Gasteiger partial charge in [0.2, 0.25) is 10.4 Å². The molecule has 0 spiro atoms. The largest absolute Gasteiger partial charge is 0.463 e. The van der Waals surface area contributed by atoms with Crippen molar-refractivity contribution < 1.29 is 33.4 Å². The van der Waals surface area contributed by atoms with Crippen molar-refractivity contribution in [1.82, 2.24) is 0 Å². The van der Waals surface area contributed by atoms with Crippen LogP contribution in [0.1, 0.15) is 53.4 Å². The fraction of sp³-hybridized carbons (Fsp3) is 0.720. The minimum absolute atomic E-state index is 0.0564. The lowest BCUT2D eigenvalue weighted by atomic mass is 9.44. The third-order valence-electron chi connectivity index (χ3n) is 9.20. The Balaban J connectivity index is 1.84. The molecule has 4 aliphatic rings. The molecule has 0 aromatic heterocycles. The quantitative estimate of drug-likeness (QED) is 0.443. The number of aliphatic hydroxyl groups is 1. The molecular formula is C25H31Cl2FO6. The van der Waals surface area contributed by atoms with E-state index in [4.69, 9.17) is 32.7 Å². The van der Waals surface area contributed by atoms with Crippen molar-refractivity contribution in [3.8, 4) is 0 Å². The van der Waals surface area contributed by atoms with Crippen LogP contribution in [0.5, 0.6) is 0 Å². The van der Waals surface area contributed by atoms with Crippen LogP contribution in [0.4, 0.5) is 4.39 Å². The van der Waals surface area contributed by atoms with E-state index in [2.05, 4.69) is 0 Å². The summed E-state index contributed by atoms with van der Waals surface area (Å²) < 4.78 is 28.4. The van der Waals surface area contributed by atoms with Crippen LogP contribution in [-0.2, 0) is 23.9 Å². The van der Waals surface area contributed by atoms with E-state index < -0.39 is 62.7 Å². The maximum atomic E-state index is 17.3. The van der Waals surface area contributed by atoms with E-state index in [0.717, 1.165) is 0 Å². The number of hydrogen-bond donors (Lipinski definition) is 1. The summed E-state index contributed by atoms with van der Waals surface area (Å²) in [6, 6.07) is 0. The molecule has 9 heteroatoms. The molecule has 4 aliphatic carbocycles. The fourth-order valence-electron chi connectivity index (χ4n) is 7.67. The van der Waals surface area contributed by atoms with Gasteiger partial charge >= 0.3 is 11.9 Å². The lowest BCUT2D eigenvalue weighted by Crippen LogP contribution is -2.70. The van der Waals surface area contributed by atoms with Crippen LogP contribution in [0, 0.1) is 28.6 Å². The predicted octanol–water partition coefficient (Wildman–Crippen LogP) is 4.25. The first kappa shape index (κ1) is 25.6. The second-order valence-electron chi connectivity index (χ2n) is 10.6. The van der Waals surface area contributed by atoms with Crippen molar-refractivity contribution in [2.24, 2.45) is 28.6 Å². The first-order chi connectivity index (χ1) is 15.8. The van der Waals surface area contributed by atoms with Crippen molar-refractivity contribution in [3.05, 3.63) is 23.8 Å². The fourth-order valence-corrected chi connectivity index (χ4v) is 7.76. The molecule has 8 atom stereocenters. The summed E-state index contributed by atoms with van der Waals surface area (Å²) in [5.74, 6) is -3.47. The summed E-state index contributed by atoms with van der Waals surface area (Å²) >= 11 is 11.5. The van der Waals surface area contributed by atoms with Gasteiger partial charge in [0.1, 0.15) is 0 Å². The van der Waals surface area contributed by atoms with Crippen LogP contribution in [0.25, 0.3) is 0 Å². The van der Waals surface area contributed by atoms with E-state index in [-0.39, 0.29) is 18.8 Å². The summed E-state index contributed by atoms with van der Waals surface area (Å²) in [5.41, 5.74) is -5.44. The van der Waals surface area contributed by atoms with Gasteiger partial charge in [-0.05, 0) is 57.6 Å². The molecule has 3 fully saturated rings. The van der Waals surface area contributed by atoms with E-state index in [9.17, 15) is 19.5 Å². The average Bonchev–Trinajstić information content (AvgIpc) is 2.97. The van der Waals surface area contributed by atoms with Gasteiger partial charge in [-0.3, -0.25) is 4.79 Å². The molecule has 1 N–H and O–H groups in total. The number of carbonyl (C=O) groups excluding carboxylic acids is 3. The summed E-state index contributed by atoms with van der Waals surface area (Å²) in [6.45, 7) is 6.96. The van der Waals surface area contributed by atoms with E-state index in [1.165, 1.54) is 12.2 Å². The number of aliphatic hydroxyl groups excluding tert-OH is 1. The molecule has 0 aliphatic heterocycles. The molecule has 188 valence electrons. The number of carbonyl (C=O) groups is 3. The van der Waals surface area contributed by atoms with Crippen LogP contribution < -0.4 is 0 Å². The molecule has 6 nitrogen and oxygen atoms in total. The zero-order chi connectivity index (χ0) is 25.3. The second-order valence-corrected chi connectivity index (χ2v) is 11.7. The van der Waals surface area contributed by atoms with Crippen LogP contribution in [-0.4, -0.2) is 51.6 Å². The van der Waals surface area contributed by atoms with Gasteiger partial charge in [0.05, 0.1) is 12.7 Å². The summed E-state index contributed by atoms with van der Waals surface area (Å²) in [5, 5.41) is 11.5. The smallest absolute Gasteiger partial charge is 0.351 e. The molecule has 34 heavy (non-hydrogen) atoms. The van der Waals surface area contributed by atoms with Crippen LogP contribution in [0.2, 0.25) is 0 Å². The SMILES string of the molecule is CCOC(=O)[C@@]1(OC(=O)C(Cl)Cl)[C@H](C)C[C@H]2[C@@H]3CCC4=CC(=O)C=C[C@]4(C)[C@@]3(F)[C@@H](O)C[C@@]21C. The average molecular weight is 517 g/mol. The Hall–Kier alpha value is -1.44. The normalized spacial score (nSPS) is 45.2. The Labute approximate surface area is 208 Å². The van der Waals surface area contributed by atoms with Crippen LogP contribution in [0.3, 0.4) is 0 Å². The zero-order valence-corrected chi connectivity index (χ0v) is 21.3. The molecule has 0 unspecified atom stereocenters.